The van der Waals surface area contributed by atoms with E-state index in [0.717, 1.165) is 54.6 Å². The Bertz CT molecular complexity index is 1230. The van der Waals surface area contributed by atoms with E-state index >= 15 is 0 Å². The van der Waals surface area contributed by atoms with Gasteiger partial charge < -0.3 is 15.2 Å². The van der Waals surface area contributed by atoms with Crippen LogP contribution in [0, 0.1) is 11.8 Å². The molecule has 182 valence electrons. The summed E-state index contributed by atoms with van der Waals surface area (Å²) < 4.78 is 23.6. The monoisotopic (exact) mass is 490 g/mol. The van der Waals surface area contributed by atoms with E-state index in [-0.39, 0.29) is 11.1 Å². The first-order valence-electron chi connectivity index (χ1n) is 11.7. The molecule has 1 aliphatic rings. The second-order valence-electron chi connectivity index (χ2n) is 8.44. The van der Waals surface area contributed by atoms with Gasteiger partial charge in [0.25, 0.3) is 0 Å². The van der Waals surface area contributed by atoms with Gasteiger partial charge in [-0.3, -0.25) is 9.11 Å². The standard InChI is InChI=1S/C27H30N4O3S/c1-20(2)35(32)24-9-7-22(8-10-24)26-19-29-27(28)25(30-26)11-6-21-4-3-5-23(18-21)34-17-14-31-12-15-33-16-13-31/h3-5,7-10,18-20H,12-17H2,1-2H3,(H2,28,29). The summed E-state index contributed by atoms with van der Waals surface area (Å²) >= 11 is 0. The van der Waals surface area contributed by atoms with Gasteiger partial charge in [-0.25, -0.2) is 9.97 Å². The molecule has 0 saturated carbocycles. The molecule has 1 aromatic heterocycles. The molecule has 0 aliphatic carbocycles. The summed E-state index contributed by atoms with van der Waals surface area (Å²) in [6.45, 7) is 8.80. The van der Waals surface area contributed by atoms with Crippen LogP contribution in [0.4, 0.5) is 5.82 Å². The van der Waals surface area contributed by atoms with Gasteiger partial charge in [-0.15, -0.1) is 0 Å². The summed E-state index contributed by atoms with van der Waals surface area (Å²) in [5.41, 5.74) is 8.78. The van der Waals surface area contributed by atoms with Gasteiger partial charge >= 0.3 is 0 Å². The molecule has 2 N–H and O–H groups in total. The smallest absolute Gasteiger partial charge is 0.158 e. The number of nitrogens with two attached hydrogens (primary N) is 1. The number of morpholine rings is 1. The molecule has 8 heteroatoms. The zero-order valence-corrected chi connectivity index (χ0v) is 20.9. The van der Waals surface area contributed by atoms with Crippen LogP contribution in [0.2, 0.25) is 0 Å². The number of aromatic nitrogens is 2. The SMILES string of the molecule is CC(C)S(=O)c1ccc(-c2cnc(N)c(C#Cc3cccc(OCCN4CCOCC4)c3)n2)cc1. The van der Waals surface area contributed by atoms with Crippen molar-refractivity contribution in [2.75, 3.05) is 45.2 Å². The predicted octanol–water partition coefficient (Wildman–Crippen LogP) is 3.35. The lowest BCUT2D eigenvalue weighted by Crippen LogP contribution is -2.38. The van der Waals surface area contributed by atoms with E-state index < -0.39 is 10.8 Å². The third-order valence-corrected chi connectivity index (χ3v) is 7.14. The van der Waals surface area contributed by atoms with Crippen LogP contribution in [0.5, 0.6) is 5.75 Å². The summed E-state index contributed by atoms with van der Waals surface area (Å²) in [6.07, 6.45) is 1.62. The third kappa shape index (κ3) is 6.89. The fourth-order valence-electron chi connectivity index (χ4n) is 3.57. The maximum absolute atomic E-state index is 12.3. The quantitative estimate of drug-likeness (QED) is 0.508. The lowest BCUT2D eigenvalue weighted by Gasteiger charge is -2.26. The Morgan fingerprint density at radius 1 is 1.14 bits per heavy atom. The molecule has 3 aromatic rings. The fraction of sp³-hybridized carbons (Fsp3) is 0.333. The highest BCUT2D eigenvalue weighted by molar-refractivity contribution is 7.85. The van der Waals surface area contributed by atoms with E-state index in [9.17, 15) is 4.21 Å². The largest absolute Gasteiger partial charge is 0.492 e. The van der Waals surface area contributed by atoms with E-state index in [4.69, 9.17) is 15.2 Å². The Morgan fingerprint density at radius 2 is 1.91 bits per heavy atom. The zero-order chi connectivity index (χ0) is 24.6. The maximum atomic E-state index is 12.3. The van der Waals surface area contributed by atoms with Crippen molar-refractivity contribution in [3.63, 3.8) is 0 Å². The van der Waals surface area contributed by atoms with Crippen molar-refractivity contribution in [1.82, 2.24) is 14.9 Å². The minimum absolute atomic E-state index is 0.0627. The van der Waals surface area contributed by atoms with Crippen molar-refractivity contribution >= 4 is 16.6 Å². The Hall–Kier alpha value is -3.25. The van der Waals surface area contributed by atoms with E-state index in [1.54, 1.807) is 6.20 Å². The summed E-state index contributed by atoms with van der Waals surface area (Å²) in [4.78, 5) is 12.0. The third-order valence-electron chi connectivity index (χ3n) is 5.55. The first kappa shape index (κ1) is 24.9. The van der Waals surface area contributed by atoms with Crippen LogP contribution in [-0.2, 0) is 15.5 Å². The summed E-state index contributed by atoms with van der Waals surface area (Å²) in [7, 11) is -1.03. The van der Waals surface area contributed by atoms with Gasteiger partial charge in [0.2, 0.25) is 0 Å². The molecule has 1 saturated heterocycles. The topological polar surface area (TPSA) is 90.6 Å². The minimum atomic E-state index is -1.03. The van der Waals surface area contributed by atoms with Gasteiger partial charge in [0.1, 0.15) is 12.4 Å². The Kier molecular flexibility index (Phi) is 8.48. The van der Waals surface area contributed by atoms with Crippen LogP contribution >= 0.6 is 0 Å². The maximum Gasteiger partial charge on any atom is 0.158 e. The van der Waals surface area contributed by atoms with Gasteiger partial charge in [-0.1, -0.05) is 38.0 Å². The van der Waals surface area contributed by atoms with Crippen LogP contribution < -0.4 is 10.5 Å². The highest BCUT2D eigenvalue weighted by Crippen LogP contribution is 2.21. The van der Waals surface area contributed by atoms with E-state index in [2.05, 4.69) is 26.7 Å². The zero-order valence-electron chi connectivity index (χ0n) is 20.1. The molecule has 0 bridgehead atoms. The number of nitrogen functional groups attached to an aromatic ring is 1. The number of hydrogen-bond acceptors (Lipinski definition) is 7. The highest BCUT2D eigenvalue weighted by Gasteiger charge is 2.11. The molecule has 1 unspecified atom stereocenters. The van der Waals surface area contributed by atoms with Crippen molar-refractivity contribution in [3.05, 3.63) is 66.0 Å². The van der Waals surface area contributed by atoms with Crippen molar-refractivity contribution in [3.8, 4) is 28.8 Å². The Balaban J connectivity index is 1.44. The molecule has 2 heterocycles. The number of anilines is 1. The molecular formula is C27H30N4O3S. The average molecular weight is 491 g/mol. The highest BCUT2D eigenvalue weighted by atomic mass is 32.2. The molecule has 1 atom stereocenters. The predicted molar refractivity (Wildman–Crippen MR) is 139 cm³/mol. The van der Waals surface area contributed by atoms with Gasteiger partial charge in [0.15, 0.2) is 11.5 Å². The second kappa shape index (κ2) is 11.9. The number of rotatable bonds is 7. The first-order chi connectivity index (χ1) is 17.0. The number of hydrogen-bond donors (Lipinski definition) is 1. The summed E-state index contributed by atoms with van der Waals surface area (Å²) in [5.74, 6) is 7.21. The minimum Gasteiger partial charge on any atom is -0.492 e. The number of ether oxygens (including phenoxy) is 2. The Morgan fingerprint density at radius 3 is 2.66 bits per heavy atom. The fourth-order valence-corrected chi connectivity index (χ4v) is 4.52. The van der Waals surface area contributed by atoms with Gasteiger partial charge in [-0.05, 0) is 36.3 Å². The van der Waals surface area contributed by atoms with Crippen molar-refractivity contribution < 1.29 is 13.7 Å². The molecule has 0 amide bonds. The summed E-state index contributed by atoms with van der Waals surface area (Å²) in [5, 5.41) is 0.0627. The Labute approximate surface area is 209 Å². The van der Waals surface area contributed by atoms with Crippen molar-refractivity contribution in [1.29, 1.82) is 0 Å². The van der Waals surface area contributed by atoms with E-state index in [1.165, 1.54) is 0 Å². The van der Waals surface area contributed by atoms with Crippen LogP contribution in [0.15, 0.2) is 59.6 Å². The van der Waals surface area contributed by atoms with Gasteiger partial charge in [0, 0.05) is 40.9 Å². The van der Waals surface area contributed by atoms with Crippen molar-refractivity contribution in [2.24, 2.45) is 0 Å². The molecular weight excluding hydrogens is 460 g/mol. The van der Waals surface area contributed by atoms with Gasteiger partial charge in [0.05, 0.1) is 35.9 Å². The lowest BCUT2D eigenvalue weighted by molar-refractivity contribution is 0.0322. The van der Waals surface area contributed by atoms with E-state index in [0.29, 0.717) is 18.0 Å². The van der Waals surface area contributed by atoms with E-state index in [1.807, 2.05) is 62.4 Å². The molecule has 4 rings (SSSR count). The summed E-state index contributed by atoms with van der Waals surface area (Å²) in [6, 6.07) is 15.2. The van der Waals surface area contributed by atoms with Crippen LogP contribution in [0.3, 0.4) is 0 Å². The number of benzene rings is 2. The van der Waals surface area contributed by atoms with Crippen LogP contribution in [0.25, 0.3) is 11.3 Å². The molecule has 2 aromatic carbocycles. The molecule has 7 nitrogen and oxygen atoms in total. The normalized spacial score (nSPS) is 14.8. The van der Waals surface area contributed by atoms with Crippen LogP contribution in [-0.4, -0.2) is 63.8 Å². The van der Waals surface area contributed by atoms with Crippen LogP contribution in [0.1, 0.15) is 25.1 Å². The first-order valence-corrected chi connectivity index (χ1v) is 12.9. The molecule has 0 radical (unpaired) electrons. The average Bonchev–Trinajstić information content (AvgIpc) is 2.89. The van der Waals surface area contributed by atoms with Gasteiger partial charge in [-0.2, -0.15) is 0 Å². The molecule has 35 heavy (non-hydrogen) atoms. The lowest BCUT2D eigenvalue weighted by atomic mass is 10.1. The van der Waals surface area contributed by atoms with Crippen molar-refractivity contribution in [2.45, 2.75) is 24.0 Å². The second-order valence-corrected chi connectivity index (χ2v) is 10.4. The molecule has 1 fully saturated rings. The number of nitrogens with zero attached hydrogens (tertiary/aromatic N) is 3. The molecule has 1 aliphatic heterocycles. The molecule has 0 spiro atoms.